The Bertz CT molecular complexity index is 520. The van der Waals surface area contributed by atoms with Crippen LogP contribution < -0.4 is 0 Å². The molecule has 0 aromatic rings. The molecule has 1 amide bonds. The maximum absolute atomic E-state index is 12.0. The quantitative estimate of drug-likeness (QED) is 0.574. The minimum absolute atomic E-state index is 0.0413. The minimum atomic E-state index is -0.671. The molecule has 3 aliphatic rings. The lowest BCUT2D eigenvalue weighted by molar-refractivity contribution is -0.143. The molecule has 6 nitrogen and oxygen atoms in total. The molecule has 0 aromatic carbocycles. The second kappa shape index (κ2) is 5.42. The van der Waals surface area contributed by atoms with E-state index < -0.39 is 6.29 Å². The number of ether oxygens (including phenoxy) is 3. The second-order valence-corrected chi connectivity index (χ2v) is 5.61. The third-order valence-corrected chi connectivity index (χ3v) is 4.43. The molecule has 2 aliphatic heterocycles. The zero-order chi connectivity index (χ0) is 15.0. The van der Waals surface area contributed by atoms with Gasteiger partial charge in [-0.2, -0.15) is 0 Å². The van der Waals surface area contributed by atoms with Crippen LogP contribution in [0.15, 0.2) is 23.5 Å². The normalized spacial score (nSPS) is 30.4. The van der Waals surface area contributed by atoms with E-state index in [1.54, 1.807) is 4.90 Å². The lowest BCUT2D eigenvalue weighted by atomic mass is 9.84. The van der Waals surface area contributed by atoms with Gasteiger partial charge in [0, 0.05) is 19.0 Å². The van der Waals surface area contributed by atoms with Crippen molar-refractivity contribution < 1.29 is 23.8 Å². The van der Waals surface area contributed by atoms with Gasteiger partial charge in [-0.15, -0.1) is 0 Å². The molecular weight excluding hydrogens is 274 g/mol. The van der Waals surface area contributed by atoms with E-state index in [0.29, 0.717) is 5.57 Å². The van der Waals surface area contributed by atoms with E-state index in [-0.39, 0.29) is 23.9 Å². The monoisotopic (exact) mass is 293 g/mol. The molecule has 1 fully saturated rings. The molecule has 6 heteroatoms. The first-order valence-corrected chi connectivity index (χ1v) is 7.18. The van der Waals surface area contributed by atoms with Crippen LogP contribution in [-0.2, 0) is 19.0 Å². The number of esters is 1. The predicted molar refractivity (Wildman–Crippen MR) is 73.0 cm³/mol. The highest BCUT2D eigenvalue weighted by atomic mass is 16.7. The van der Waals surface area contributed by atoms with Crippen molar-refractivity contribution in [1.82, 2.24) is 4.90 Å². The van der Waals surface area contributed by atoms with Crippen molar-refractivity contribution in [2.45, 2.75) is 26.1 Å². The van der Waals surface area contributed by atoms with Gasteiger partial charge in [-0.1, -0.05) is 11.6 Å². The van der Waals surface area contributed by atoms with Gasteiger partial charge in [0.25, 0.3) is 6.29 Å². The number of rotatable bonds is 2. The summed E-state index contributed by atoms with van der Waals surface area (Å²) in [6.07, 6.45) is 4.17. The molecule has 3 rings (SSSR count). The molecule has 0 saturated carbocycles. The first-order valence-electron chi connectivity index (χ1n) is 7.18. The minimum Gasteiger partial charge on any atom is -0.466 e. The number of likely N-dealkylation sites (tertiary alicyclic amines) is 1. The summed E-state index contributed by atoms with van der Waals surface area (Å²) in [6.45, 7) is 3.44. The van der Waals surface area contributed by atoms with E-state index in [1.807, 2.05) is 6.92 Å². The maximum atomic E-state index is 12.0. The summed E-state index contributed by atoms with van der Waals surface area (Å²) in [6, 6.07) is 0. The van der Waals surface area contributed by atoms with Crippen LogP contribution >= 0.6 is 0 Å². The largest absolute Gasteiger partial charge is 0.466 e. The molecule has 2 heterocycles. The highest BCUT2D eigenvalue weighted by Gasteiger charge is 2.45. The van der Waals surface area contributed by atoms with Crippen LogP contribution in [0.25, 0.3) is 0 Å². The molecule has 21 heavy (non-hydrogen) atoms. The maximum Gasteiger partial charge on any atom is 0.412 e. The van der Waals surface area contributed by atoms with E-state index in [1.165, 1.54) is 13.4 Å². The first-order chi connectivity index (χ1) is 10.1. The topological polar surface area (TPSA) is 65.1 Å². The lowest BCUT2D eigenvalue weighted by Crippen LogP contribution is -2.46. The second-order valence-electron chi connectivity index (χ2n) is 5.61. The van der Waals surface area contributed by atoms with Gasteiger partial charge in [0.05, 0.1) is 24.9 Å². The molecular formula is C15H19NO5. The number of methoxy groups -OCH3 is 1. The molecule has 0 spiro atoms. The van der Waals surface area contributed by atoms with Gasteiger partial charge in [-0.3, -0.25) is 0 Å². The summed E-state index contributed by atoms with van der Waals surface area (Å²) in [5.74, 6) is -0.546. The fraction of sp³-hybridized carbons (Fsp3) is 0.600. The molecule has 0 aromatic heterocycles. The van der Waals surface area contributed by atoms with Crippen LogP contribution in [0.5, 0.6) is 0 Å². The summed E-state index contributed by atoms with van der Waals surface area (Å²) < 4.78 is 15.8. The molecule has 0 radical (unpaired) electrons. The smallest absolute Gasteiger partial charge is 0.412 e. The summed E-state index contributed by atoms with van der Waals surface area (Å²) in [5, 5.41) is 0. The van der Waals surface area contributed by atoms with Crippen molar-refractivity contribution >= 4 is 12.1 Å². The van der Waals surface area contributed by atoms with Crippen LogP contribution in [0.2, 0.25) is 0 Å². The van der Waals surface area contributed by atoms with Crippen molar-refractivity contribution in [1.29, 1.82) is 0 Å². The number of amides is 1. The van der Waals surface area contributed by atoms with E-state index in [2.05, 4.69) is 6.08 Å². The summed E-state index contributed by atoms with van der Waals surface area (Å²) in [7, 11) is 1.35. The van der Waals surface area contributed by atoms with Crippen LogP contribution in [0.3, 0.4) is 0 Å². The third-order valence-electron chi connectivity index (χ3n) is 4.43. The average molecular weight is 293 g/mol. The fourth-order valence-corrected chi connectivity index (χ4v) is 3.04. The SMILES string of the molecule is COC(=O)C1=COC(OC(=O)N2CCC2)C2C(C)=CCC12. The van der Waals surface area contributed by atoms with Crippen LogP contribution in [0.4, 0.5) is 4.79 Å². The standard InChI is InChI=1S/C15H19NO5/c1-9-4-5-10-11(13(17)19-2)8-20-14(12(9)10)21-15(18)16-6-3-7-16/h4,8,10,12,14H,3,5-7H2,1-2H3. The Morgan fingerprint density at radius 2 is 2.14 bits per heavy atom. The number of allylic oxidation sites excluding steroid dienone is 1. The van der Waals surface area contributed by atoms with Crippen molar-refractivity contribution in [2.75, 3.05) is 20.2 Å². The van der Waals surface area contributed by atoms with Gasteiger partial charge in [0.15, 0.2) is 0 Å². The van der Waals surface area contributed by atoms with E-state index in [9.17, 15) is 9.59 Å². The van der Waals surface area contributed by atoms with Gasteiger partial charge in [0.2, 0.25) is 0 Å². The van der Waals surface area contributed by atoms with Crippen LogP contribution in [-0.4, -0.2) is 43.5 Å². The Kier molecular flexibility index (Phi) is 3.61. The van der Waals surface area contributed by atoms with Gasteiger partial charge in [-0.05, 0) is 19.8 Å². The lowest BCUT2D eigenvalue weighted by Gasteiger charge is -2.36. The van der Waals surface area contributed by atoms with Crippen molar-refractivity contribution in [2.24, 2.45) is 11.8 Å². The zero-order valence-electron chi connectivity index (χ0n) is 12.2. The van der Waals surface area contributed by atoms with Gasteiger partial charge < -0.3 is 19.1 Å². The molecule has 3 unspecified atom stereocenters. The Balaban J connectivity index is 1.76. The fourth-order valence-electron chi connectivity index (χ4n) is 3.04. The molecule has 114 valence electrons. The van der Waals surface area contributed by atoms with E-state index in [0.717, 1.165) is 31.5 Å². The predicted octanol–water partition coefficient (Wildman–Crippen LogP) is 1.82. The highest BCUT2D eigenvalue weighted by Crippen LogP contribution is 2.43. The van der Waals surface area contributed by atoms with E-state index in [4.69, 9.17) is 14.2 Å². The number of carbonyl (C=O) groups excluding carboxylic acids is 2. The Hall–Kier alpha value is -1.98. The molecule has 1 aliphatic carbocycles. The van der Waals surface area contributed by atoms with Gasteiger partial charge in [0.1, 0.15) is 0 Å². The number of nitrogens with zero attached hydrogens (tertiary/aromatic N) is 1. The Labute approximate surface area is 123 Å². The summed E-state index contributed by atoms with van der Waals surface area (Å²) >= 11 is 0. The molecule has 1 saturated heterocycles. The van der Waals surface area contributed by atoms with Crippen molar-refractivity contribution in [3.8, 4) is 0 Å². The summed E-state index contributed by atoms with van der Waals surface area (Å²) in [4.78, 5) is 25.4. The Morgan fingerprint density at radius 3 is 2.76 bits per heavy atom. The van der Waals surface area contributed by atoms with Gasteiger partial charge in [-0.25, -0.2) is 9.59 Å². The summed E-state index contributed by atoms with van der Waals surface area (Å²) in [5.41, 5.74) is 1.59. The van der Waals surface area contributed by atoms with E-state index >= 15 is 0 Å². The Morgan fingerprint density at radius 1 is 1.38 bits per heavy atom. The molecule has 0 bridgehead atoms. The van der Waals surface area contributed by atoms with Crippen LogP contribution in [0, 0.1) is 11.8 Å². The number of hydrogen-bond acceptors (Lipinski definition) is 5. The number of fused-ring (bicyclic) bond motifs is 1. The average Bonchev–Trinajstić information content (AvgIpc) is 2.79. The van der Waals surface area contributed by atoms with Gasteiger partial charge >= 0.3 is 12.1 Å². The highest BCUT2D eigenvalue weighted by molar-refractivity contribution is 5.89. The van der Waals surface area contributed by atoms with Crippen molar-refractivity contribution in [3.63, 3.8) is 0 Å². The molecule has 0 N–H and O–H groups in total. The number of carbonyl (C=O) groups is 2. The zero-order valence-corrected chi connectivity index (χ0v) is 12.2. The van der Waals surface area contributed by atoms with Crippen molar-refractivity contribution in [3.05, 3.63) is 23.5 Å². The first kappa shape index (κ1) is 14.0. The van der Waals surface area contributed by atoms with Crippen LogP contribution in [0.1, 0.15) is 19.8 Å². The molecule has 3 atom stereocenters. The third kappa shape index (κ3) is 2.39. The number of hydrogen-bond donors (Lipinski definition) is 0.